The van der Waals surface area contributed by atoms with Crippen LogP contribution in [0.2, 0.25) is 0 Å². The van der Waals surface area contributed by atoms with Crippen LogP contribution in [0.3, 0.4) is 0 Å². The van der Waals surface area contributed by atoms with Gasteiger partial charge < -0.3 is 0 Å². The molecule has 0 saturated heterocycles. The Morgan fingerprint density at radius 3 is 2.12 bits per heavy atom. The highest BCUT2D eigenvalue weighted by Gasteiger charge is 2.17. The van der Waals surface area contributed by atoms with E-state index in [1.54, 1.807) is 0 Å². The molecule has 0 heteroatoms. The second-order valence-electron chi connectivity index (χ2n) is 11.6. The molecule has 1 aliphatic carbocycles. The first-order valence-electron chi connectivity index (χ1n) is 15.8. The van der Waals surface area contributed by atoms with E-state index in [-0.39, 0.29) is 0 Å². The van der Waals surface area contributed by atoms with Gasteiger partial charge in [0.05, 0.1) is 0 Å². The Kier molecular flexibility index (Phi) is 9.58. The van der Waals surface area contributed by atoms with E-state index in [0.29, 0.717) is 0 Å². The fourth-order valence-corrected chi connectivity index (χ4v) is 6.22. The Morgan fingerprint density at radius 1 is 0.721 bits per heavy atom. The minimum absolute atomic E-state index is 0.939. The maximum absolute atomic E-state index is 4.34. The molecule has 0 nitrogen and oxygen atoms in total. The maximum atomic E-state index is 4.34. The lowest BCUT2D eigenvalue weighted by Gasteiger charge is -2.20. The quantitative estimate of drug-likeness (QED) is 0.179. The van der Waals surface area contributed by atoms with Gasteiger partial charge in [-0.25, -0.2) is 0 Å². The fourth-order valence-electron chi connectivity index (χ4n) is 6.22. The van der Waals surface area contributed by atoms with Gasteiger partial charge in [-0.05, 0) is 131 Å². The zero-order valence-electron chi connectivity index (χ0n) is 26.5. The SMILES string of the molecule is C=C(C)C(/C=C\CC)=C(/CC)c1ccccc1-c1ccc(C)c(-c2cc(C3=CCCC=C3)ccc2-c2ccccc2C)c1. The molecule has 4 aromatic carbocycles. The average Bonchev–Trinajstić information content (AvgIpc) is 3.04. The summed E-state index contributed by atoms with van der Waals surface area (Å²) in [5.41, 5.74) is 17.7. The summed E-state index contributed by atoms with van der Waals surface area (Å²) < 4.78 is 0. The lowest BCUT2D eigenvalue weighted by atomic mass is 9.84. The maximum Gasteiger partial charge on any atom is -0.00963 e. The summed E-state index contributed by atoms with van der Waals surface area (Å²) in [6.45, 7) is 15.4. The van der Waals surface area contributed by atoms with Gasteiger partial charge in [0, 0.05) is 0 Å². The standard InChI is InChI=1S/C43H44/c1-7-9-20-37(30(3)4)36(8-2)40-23-16-15-22-39(40)35-25-24-32(6)42(29-35)43-28-34(33-18-11-10-12-19-33)26-27-41(43)38-21-14-13-17-31(38)5/h9,11,13-29H,3,7-8,10,12H2,1-2,4-6H3/b20-9-,37-36-. The number of benzene rings is 4. The molecule has 1 aliphatic rings. The molecule has 0 bridgehead atoms. The largest absolute Gasteiger partial charge is 0.0955 e. The van der Waals surface area contributed by atoms with Gasteiger partial charge in [0.15, 0.2) is 0 Å². The van der Waals surface area contributed by atoms with Crippen LogP contribution in [-0.2, 0) is 0 Å². The summed E-state index contributed by atoms with van der Waals surface area (Å²) in [5.74, 6) is 0. The summed E-state index contributed by atoms with van der Waals surface area (Å²) in [6.07, 6.45) is 15.6. The molecule has 0 saturated carbocycles. The van der Waals surface area contributed by atoms with Crippen molar-refractivity contribution in [2.24, 2.45) is 0 Å². The first-order chi connectivity index (χ1) is 20.9. The highest BCUT2D eigenvalue weighted by atomic mass is 14.2. The van der Waals surface area contributed by atoms with Crippen molar-refractivity contribution < 1.29 is 0 Å². The van der Waals surface area contributed by atoms with Crippen molar-refractivity contribution in [3.8, 4) is 33.4 Å². The predicted octanol–water partition coefficient (Wildman–Crippen LogP) is 12.7. The number of aryl methyl sites for hydroxylation is 2. The highest BCUT2D eigenvalue weighted by molar-refractivity contribution is 5.92. The van der Waals surface area contributed by atoms with Crippen LogP contribution in [0, 0.1) is 13.8 Å². The summed E-state index contributed by atoms with van der Waals surface area (Å²) in [7, 11) is 0. The molecule has 0 unspecified atom stereocenters. The molecule has 216 valence electrons. The first-order valence-corrected chi connectivity index (χ1v) is 15.8. The van der Waals surface area contributed by atoms with Crippen molar-refractivity contribution >= 4 is 11.1 Å². The van der Waals surface area contributed by atoms with Crippen LogP contribution < -0.4 is 0 Å². The molecule has 43 heavy (non-hydrogen) atoms. The third kappa shape index (κ3) is 6.50. The molecule has 0 N–H and O–H groups in total. The Balaban J connectivity index is 1.74. The zero-order valence-corrected chi connectivity index (χ0v) is 26.5. The summed E-state index contributed by atoms with van der Waals surface area (Å²) in [6, 6.07) is 31.6. The van der Waals surface area contributed by atoms with Gasteiger partial charge in [0.2, 0.25) is 0 Å². The molecule has 0 aromatic heterocycles. The van der Waals surface area contributed by atoms with Gasteiger partial charge in [-0.1, -0.05) is 129 Å². The van der Waals surface area contributed by atoms with E-state index in [1.165, 1.54) is 72.4 Å². The molecule has 0 fully saturated rings. The molecular weight excluding hydrogens is 516 g/mol. The minimum Gasteiger partial charge on any atom is -0.0955 e. The van der Waals surface area contributed by atoms with E-state index in [1.807, 2.05) is 0 Å². The zero-order chi connectivity index (χ0) is 30.3. The summed E-state index contributed by atoms with van der Waals surface area (Å²) in [4.78, 5) is 0. The topological polar surface area (TPSA) is 0 Å². The van der Waals surface area contributed by atoms with E-state index in [0.717, 1.165) is 31.3 Å². The Labute approximate surface area is 259 Å². The van der Waals surface area contributed by atoms with E-state index in [2.05, 4.69) is 157 Å². The van der Waals surface area contributed by atoms with Crippen molar-refractivity contribution in [1.29, 1.82) is 0 Å². The molecule has 0 heterocycles. The van der Waals surface area contributed by atoms with Crippen LogP contribution in [-0.4, -0.2) is 0 Å². The Hall–Kier alpha value is -4.42. The van der Waals surface area contributed by atoms with E-state index in [4.69, 9.17) is 0 Å². The van der Waals surface area contributed by atoms with Crippen LogP contribution in [0.5, 0.6) is 0 Å². The number of rotatable bonds is 9. The van der Waals surface area contributed by atoms with E-state index >= 15 is 0 Å². The normalized spacial score (nSPS) is 13.7. The monoisotopic (exact) mass is 560 g/mol. The van der Waals surface area contributed by atoms with Crippen molar-refractivity contribution in [3.05, 3.63) is 155 Å². The van der Waals surface area contributed by atoms with Gasteiger partial charge in [0.1, 0.15) is 0 Å². The summed E-state index contributed by atoms with van der Waals surface area (Å²) in [5, 5.41) is 0. The van der Waals surface area contributed by atoms with Crippen molar-refractivity contribution in [3.63, 3.8) is 0 Å². The van der Waals surface area contributed by atoms with Gasteiger partial charge in [0.25, 0.3) is 0 Å². The number of hydrogen-bond acceptors (Lipinski definition) is 0. The molecule has 5 rings (SSSR count). The molecule has 4 aromatic rings. The number of hydrogen-bond donors (Lipinski definition) is 0. The smallest absolute Gasteiger partial charge is 0.00963 e. The molecule has 0 spiro atoms. The molecule has 0 atom stereocenters. The van der Waals surface area contributed by atoms with Crippen LogP contribution in [0.15, 0.2) is 133 Å². The fraction of sp³-hybridized carbons (Fsp3) is 0.209. The molecule has 0 aliphatic heterocycles. The Bertz CT molecular complexity index is 1770. The summed E-state index contributed by atoms with van der Waals surface area (Å²) >= 11 is 0. The lowest BCUT2D eigenvalue weighted by Crippen LogP contribution is -1.96. The first kappa shape index (κ1) is 30.1. The van der Waals surface area contributed by atoms with Gasteiger partial charge in [-0.2, -0.15) is 0 Å². The third-order valence-electron chi connectivity index (χ3n) is 8.53. The van der Waals surface area contributed by atoms with Gasteiger partial charge in [-0.3, -0.25) is 0 Å². The van der Waals surface area contributed by atoms with Crippen LogP contribution >= 0.6 is 0 Å². The van der Waals surface area contributed by atoms with Crippen molar-refractivity contribution in [1.82, 2.24) is 0 Å². The molecule has 0 radical (unpaired) electrons. The second kappa shape index (κ2) is 13.7. The predicted molar refractivity (Wildman–Crippen MR) is 190 cm³/mol. The van der Waals surface area contributed by atoms with Crippen LogP contribution in [0.1, 0.15) is 68.7 Å². The average molecular weight is 561 g/mol. The highest BCUT2D eigenvalue weighted by Crippen LogP contribution is 2.41. The molecule has 0 amide bonds. The van der Waals surface area contributed by atoms with Crippen LogP contribution in [0.25, 0.3) is 44.5 Å². The van der Waals surface area contributed by atoms with Crippen molar-refractivity contribution in [2.75, 3.05) is 0 Å². The minimum atomic E-state index is 0.939. The third-order valence-corrected chi connectivity index (χ3v) is 8.53. The van der Waals surface area contributed by atoms with Crippen LogP contribution in [0.4, 0.5) is 0 Å². The van der Waals surface area contributed by atoms with Gasteiger partial charge in [-0.15, -0.1) is 0 Å². The second-order valence-corrected chi connectivity index (χ2v) is 11.6. The number of allylic oxidation sites excluding steroid dienone is 9. The lowest BCUT2D eigenvalue weighted by molar-refractivity contribution is 1.04. The Morgan fingerprint density at radius 2 is 1.42 bits per heavy atom. The van der Waals surface area contributed by atoms with E-state index < -0.39 is 0 Å². The van der Waals surface area contributed by atoms with E-state index in [9.17, 15) is 0 Å². The van der Waals surface area contributed by atoms with Gasteiger partial charge >= 0.3 is 0 Å². The van der Waals surface area contributed by atoms with Crippen molar-refractivity contribution in [2.45, 2.75) is 60.3 Å². The molecular formula is C43H44.